The second-order valence-electron chi connectivity index (χ2n) is 6.09. The average Bonchev–Trinajstić information content (AvgIpc) is 2.91. The summed E-state index contributed by atoms with van der Waals surface area (Å²) in [6, 6.07) is 0. The number of nitrogens with zero attached hydrogens (tertiary/aromatic N) is 3. The van der Waals surface area contributed by atoms with Gasteiger partial charge in [0.25, 0.3) is 0 Å². The van der Waals surface area contributed by atoms with Crippen molar-refractivity contribution < 1.29 is 9.84 Å². The minimum absolute atomic E-state index is 0.0206. The van der Waals surface area contributed by atoms with Crippen molar-refractivity contribution in [1.82, 2.24) is 14.1 Å². The van der Waals surface area contributed by atoms with Crippen LogP contribution >= 0.6 is 23.5 Å². The van der Waals surface area contributed by atoms with Gasteiger partial charge < -0.3 is 20.1 Å². The Bertz CT molecular complexity index is 430. The number of anilines is 1. The molecule has 0 bridgehead atoms. The van der Waals surface area contributed by atoms with Crippen LogP contribution in [0.15, 0.2) is 5.03 Å². The first-order valence-corrected chi connectivity index (χ1v) is 8.88. The molecule has 1 unspecified atom stereocenters. The molecule has 1 saturated heterocycles. The molecule has 0 spiro atoms. The molecule has 0 aliphatic carbocycles. The van der Waals surface area contributed by atoms with E-state index in [0.29, 0.717) is 12.3 Å². The lowest BCUT2D eigenvalue weighted by atomic mass is 10.1. The SMILES string of the molecule is CC(C)(C)NCC(O)CSc1nsnc1N1CCOCC1. The first-order chi connectivity index (χ1) is 9.96. The fourth-order valence-corrected chi connectivity index (χ4v) is 3.51. The molecule has 0 amide bonds. The standard InChI is InChI=1S/C13H24N4O2S2/c1-13(2,3)14-8-10(18)9-20-12-11(15-21-16-12)17-4-6-19-7-5-17/h10,14,18H,4-9H2,1-3H3. The lowest BCUT2D eigenvalue weighted by molar-refractivity contribution is 0.122. The Labute approximate surface area is 134 Å². The zero-order valence-corrected chi connectivity index (χ0v) is 14.5. The highest BCUT2D eigenvalue weighted by Gasteiger charge is 2.20. The summed E-state index contributed by atoms with van der Waals surface area (Å²) in [6.07, 6.45) is -0.395. The van der Waals surface area contributed by atoms with Gasteiger partial charge in [0.05, 0.1) is 31.0 Å². The number of aliphatic hydroxyl groups is 1. The van der Waals surface area contributed by atoms with E-state index in [1.165, 1.54) is 11.7 Å². The van der Waals surface area contributed by atoms with Crippen LogP contribution in [0.25, 0.3) is 0 Å². The average molecular weight is 332 g/mol. The normalized spacial score (nSPS) is 18.0. The number of aromatic nitrogens is 2. The molecule has 1 aliphatic rings. The monoisotopic (exact) mass is 332 g/mol. The van der Waals surface area contributed by atoms with Gasteiger partial charge in [0.1, 0.15) is 0 Å². The van der Waals surface area contributed by atoms with Crippen LogP contribution in [0.4, 0.5) is 5.82 Å². The summed E-state index contributed by atoms with van der Waals surface area (Å²) in [4.78, 5) is 2.20. The Morgan fingerprint density at radius 1 is 1.38 bits per heavy atom. The molecule has 1 fully saturated rings. The van der Waals surface area contributed by atoms with Crippen molar-refractivity contribution in [3.05, 3.63) is 0 Å². The minimum atomic E-state index is -0.395. The predicted octanol–water partition coefficient (Wildman–Crippen LogP) is 1.22. The predicted molar refractivity (Wildman–Crippen MR) is 87.4 cm³/mol. The van der Waals surface area contributed by atoms with Crippen LogP contribution in [-0.4, -0.2) is 64.1 Å². The first-order valence-electron chi connectivity index (χ1n) is 7.17. The molecule has 1 atom stereocenters. The second-order valence-corrected chi connectivity index (χ2v) is 7.63. The van der Waals surface area contributed by atoms with Crippen LogP contribution in [0.2, 0.25) is 0 Å². The van der Waals surface area contributed by atoms with E-state index in [1.54, 1.807) is 11.8 Å². The third-order valence-electron chi connectivity index (χ3n) is 3.03. The van der Waals surface area contributed by atoms with Gasteiger partial charge in [-0.2, -0.15) is 8.75 Å². The smallest absolute Gasteiger partial charge is 0.176 e. The van der Waals surface area contributed by atoms with Crippen molar-refractivity contribution in [3.63, 3.8) is 0 Å². The fourth-order valence-electron chi connectivity index (χ4n) is 1.89. The summed E-state index contributed by atoms with van der Waals surface area (Å²) in [5, 5.41) is 14.3. The molecule has 8 heteroatoms. The highest BCUT2D eigenvalue weighted by Crippen LogP contribution is 2.29. The van der Waals surface area contributed by atoms with Crippen LogP contribution in [0.5, 0.6) is 0 Å². The van der Waals surface area contributed by atoms with E-state index in [4.69, 9.17) is 4.74 Å². The number of morpholine rings is 1. The molecule has 120 valence electrons. The van der Waals surface area contributed by atoms with Crippen molar-refractivity contribution >= 4 is 29.3 Å². The topological polar surface area (TPSA) is 70.5 Å². The van der Waals surface area contributed by atoms with Crippen LogP contribution in [-0.2, 0) is 4.74 Å². The van der Waals surface area contributed by atoms with Crippen LogP contribution < -0.4 is 10.2 Å². The molecule has 0 saturated carbocycles. The molecular formula is C13H24N4O2S2. The number of hydrogen-bond acceptors (Lipinski definition) is 8. The molecule has 1 aromatic heterocycles. The molecule has 1 aromatic rings. The van der Waals surface area contributed by atoms with E-state index in [0.717, 1.165) is 37.1 Å². The summed E-state index contributed by atoms with van der Waals surface area (Å²) in [5.74, 6) is 1.55. The van der Waals surface area contributed by atoms with Crippen LogP contribution in [0.1, 0.15) is 20.8 Å². The Morgan fingerprint density at radius 3 is 2.76 bits per heavy atom. The zero-order chi connectivity index (χ0) is 15.3. The first kappa shape index (κ1) is 17.0. The highest BCUT2D eigenvalue weighted by molar-refractivity contribution is 7.99. The van der Waals surface area contributed by atoms with Crippen LogP contribution in [0.3, 0.4) is 0 Å². The Balaban J connectivity index is 1.82. The maximum Gasteiger partial charge on any atom is 0.176 e. The van der Waals surface area contributed by atoms with Gasteiger partial charge in [-0.15, -0.1) is 0 Å². The van der Waals surface area contributed by atoms with E-state index in [1.807, 2.05) is 0 Å². The van der Waals surface area contributed by atoms with Gasteiger partial charge >= 0.3 is 0 Å². The molecule has 0 aromatic carbocycles. The molecule has 2 rings (SSSR count). The van der Waals surface area contributed by atoms with Gasteiger partial charge in [-0.3, -0.25) is 0 Å². The molecule has 21 heavy (non-hydrogen) atoms. The summed E-state index contributed by atoms with van der Waals surface area (Å²) < 4.78 is 14.1. The van der Waals surface area contributed by atoms with E-state index in [9.17, 15) is 5.11 Å². The lowest BCUT2D eigenvalue weighted by Gasteiger charge is -2.27. The maximum atomic E-state index is 10.1. The third kappa shape index (κ3) is 5.71. The number of hydrogen-bond donors (Lipinski definition) is 2. The zero-order valence-electron chi connectivity index (χ0n) is 12.8. The van der Waals surface area contributed by atoms with Gasteiger partial charge in [-0.05, 0) is 20.8 Å². The molecule has 6 nitrogen and oxygen atoms in total. The van der Waals surface area contributed by atoms with Crippen molar-refractivity contribution in [1.29, 1.82) is 0 Å². The van der Waals surface area contributed by atoms with Gasteiger partial charge in [-0.1, -0.05) is 11.8 Å². The van der Waals surface area contributed by atoms with Crippen molar-refractivity contribution in [2.45, 2.75) is 37.4 Å². The molecule has 0 radical (unpaired) electrons. The largest absolute Gasteiger partial charge is 0.391 e. The van der Waals surface area contributed by atoms with E-state index in [-0.39, 0.29) is 5.54 Å². The highest BCUT2D eigenvalue weighted by atomic mass is 32.2. The number of ether oxygens (including phenoxy) is 1. The third-order valence-corrected chi connectivity index (χ3v) is 4.77. The summed E-state index contributed by atoms with van der Waals surface area (Å²) >= 11 is 2.80. The van der Waals surface area contributed by atoms with Crippen LogP contribution in [0, 0.1) is 0 Å². The molecule has 2 heterocycles. The molecule has 2 N–H and O–H groups in total. The summed E-state index contributed by atoms with van der Waals surface area (Å²) in [7, 11) is 0. The number of β-amino-alcohol motifs (C(OH)–C–C–N with tert-alkyl or cyclic N) is 1. The molecular weight excluding hydrogens is 308 g/mol. The number of rotatable bonds is 6. The number of nitrogens with one attached hydrogen (secondary N) is 1. The Kier molecular flexibility index (Phi) is 6.24. The second kappa shape index (κ2) is 7.73. The van der Waals surface area contributed by atoms with E-state index < -0.39 is 6.10 Å². The Morgan fingerprint density at radius 2 is 2.10 bits per heavy atom. The van der Waals surface area contributed by atoms with Gasteiger partial charge in [0, 0.05) is 30.9 Å². The summed E-state index contributed by atoms with van der Waals surface area (Å²) in [6.45, 7) is 10.0. The van der Waals surface area contributed by atoms with E-state index in [2.05, 4.69) is 39.7 Å². The summed E-state index contributed by atoms with van der Waals surface area (Å²) in [5.41, 5.74) is 0.0206. The van der Waals surface area contributed by atoms with Gasteiger partial charge in [-0.25, -0.2) is 0 Å². The molecule has 1 aliphatic heterocycles. The number of thioether (sulfide) groups is 1. The van der Waals surface area contributed by atoms with Gasteiger partial charge in [0.15, 0.2) is 10.8 Å². The van der Waals surface area contributed by atoms with Crippen molar-refractivity contribution in [2.75, 3.05) is 43.5 Å². The minimum Gasteiger partial charge on any atom is -0.391 e. The Hall–Kier alpha value is -0.410. The maximum absolute atomic E-state index is 10.1. The van der Waals surface area contributed by atoms with Gasteiger partial charge in [0.2, 0.25) is 0 Å². The number of aliphatic hydroxyl groups excluding tert-OH is 1. The van der Waals surface area contributed by atoms with E-state index >= 15 is 0 Å². The quantitative estimate of drug-likeness (QED) is 0.759. The fraction of sp³-hybridized carbons (Fsp3) is 0.846. The van der Waals surface area contributed by atoms with Crippen molar-refractivity contribution in [3.8, 4) is 0 Å². The van der Waals surface area contributed by atoms with Crippen molar-refractivity contribution in [2.24, 2.45) is 0 Å². The lowest BCUT2D eigenvalue weighted by Crippen LogP contribution is -2.41.